The molecule has 0 spiro atoms. The highest BCUT2D eigenvalue weighted by Gasteiger charge is 2.41. The van der Waals surface area contributed by atoms with Crippen molar-refractivity contribution in [1.29, 1.82) is 5.26 Å². The summed E-state index contributed by atoms with van der Waals surface area (Å²) in [5.74, 6) is 0.186. The van der Waals surface area contributed by atoms with Crippen LogP contribution in [0.15, 0.2) is 30.3 Å². The third-order valence-corrected chi connectivity index (χ3v) is 4.96. The van der Waals surface area contributed by atoms with E-state index in [9.17, 15) is 4.39 Å². The molecule has 26 heavy (non-hydrogen) atoms. The van der Waals surface area contributed by atoms with E-state index in [1.54, 1.807) is 18.2 Å². The van der Waals surface area contributed by atoms with E-state index in [0.717, 1.165) is 18.5 Å². The van der Waals surface area contributed by atoms with Crippen molar-refractivity contribution in [2.75, 3.05) is 11.9 Å². The second-order valence-electron chi connectivity index (χ2n) is 7.44. The molecule has 0 bridgehead atoms. The molecule has 136 valence electrons. The number of nitrogens with zero attached hydrogens (tertiary/aromatic N) is 4. The van der Waals surface area contributed by atoms with Crippen LogP contribution in [0.1, 0.15) is 44.5 Å². The maximum Gasteiger partial charge on any atom is 0.163 e. The van der Waals surface area contributed by atoms with Gasteiger partial charge >= 0.3 is 0 Å². The van der Waals surface area contributed by atoms with E-state index in [2.05, 4.69) is 41.2 Å². The quantitative estimate of drug-likeness (QED) is 0.874. The van der Waals surface area contributed by atoms with E-state index >= 15 is 0 Å². The number of nitrogens with one attached hydrogen (secondary N) is 1. The molecule has 2 aromatic rings. The minimum Gasteiger partial charge on any atom is -0.364 e. The average molecular weight is 374 g/mol. The predicted octanol–water partition coefficient (Wildman–Crippen LogP) is 4.17. The SMILES string of the molecule is CC(C)(C)N1CCC(Nc2ccc(C#N)nn2)C1c1ccc(Cl)c(F)c1. The second-order valence-corrected chi connectivity index (χ2v) is 7.84. The fourth-order valence-corrected chi connectivity index (χ4v) is 3.58. The minimum atomic E-state index is -0.415. The summed E-state index contributed by atoms with van der Waals surface area (Å²) in [5.41, 5.74) is 1.07. The van der Waals surface area contributed by atoms with Gasteiger partial charge in [-0.25, -0.2) is 4.39 Å². The lowest BCUT2D eigenvalue weighted by Crippen LogP contribution is -2.43. The van der Waals surface area contributed by atoms with Crippen molar-refractivity contribution in [3.05, 3.63) is 52.4 Å². The van der Waals surface area contributed by atoms with Crippen LogP contribution in [0, 0.1) is 17.1 Å². The summed E-state index contributed by atoms with van der Waals surface area (Å²) in [7, 11) is 0. The van der Waals surface area contributed by atoms with Gasteiger partial charge in [0.1, 0.15) is 17.7 Å². The van der Waals surface area contributed by atoms with E-state index in [1.165, 1.54) is 6.07 Å². The molecule has 2 heterocycles. The molecule has 1 aromatic carbocycles. The number of halogens is 2. The van der Waals surface area contributed by atoms with Crippen LogP contribution in [0.25, 0.3) is 0 Å². The van der Waals surface area contributed by atoms with Crippen molar-refractivity contribution in [2.24, 2.45) is 0 Å². The van der Waals surface area contributed by atoms with Gasteiger partial charge in [0, 0.05) is 18.1 Å². The van der Waals surface area contributed by atoms with Gasteiger partial charge in [-0.15, -0.1) is 10.2 Å². The first kappa shape index (κ1) is 18.6. The molecular formula is C19H21ClFN5. The van der Waals surface area contributed by atoms with Crippen molar-refractivity contribution in [2.45, 2.75) is 44.8 Å². The number of nitriles is 1. The topological polar surface area (TPSA) is 64.8 Å². The lowest BCUT2D eigenvalue weighted by Gasteiger charge is -2.39. The average Bonchev–Trinajstić information content (AvgIpc) is 3.02. The predicted molar refractivity (Wildman–Crippen MR) is 99.4 cm³/mol. The Bertz CT molecular complexity index is 825. The van der Waals surface area contributed by atoms with Gasteiger partial charge in [0.15, 0.2) is 5.69 Å². The van der Waals surface area contributed by atoms with Crippen molar-refractivity contribution in [3.8, 4) is 6.07 Å². The van der Waals surface area contributed by atoms with E-state index in [4.69, 9.17) is 16.9 Å². The fraction of sp³-hybridized carbons (Fsp3) is 0.421. The molecule has 5 nitrogen and oxygen atoms in total. The highest BCUT2D eigenvalue weighted by atomic mass is 35.5. The highest BCUT2D eigenvalue weighted by Crippen LogP contribution is 2.39. The maximum atomic E-state index is 14.1. The zero-order valence-corrected chi connectivity index (χ0v) is 15.8. The van der Waals surface area contributed by atoms with Gasteiger partial charge in [-0.3, -0.25) is 4.90 Å². The van der Waals surface area contributed by atoms with Gasteiger partial charge in [-0.2, -0.15) is 5.26 Å². The summed E-state index contributed by atoms with van der Waals surface area (Å²) >= 11 is 5.86. The molecule has 0 radical (unpaired) electrons. The Morgan fingerprint density at radius 2 is 2.04 bits per heavy atom. The van der Waals surface area contributed by atoms with Crippen molar-refractivity contribution in [1.82, 2.24) is 15.1 Å². The summed E-state index contributed by atoms with van der Waals surface area (Å²) in [6, 6.07) is 10.3. The lowest BCUT2D eigenvalue weighted by molar-refractivity contribution is 0.118. The van der Waals surface area contributed by atoms with Gasteiger partial charge in [-0.1, -0.05) is 17.7 Å². The third-order valence-electron chi connectivity index (χ3n) is 4.66. The molecule has 0 amide bonds. The molecule has 1 aromatic heterocycles. The summed E-state index contributed by atoms with van der Waals surface area (Å²) in [6.07, 6.45) is 0.883. The molecule has 0 saturated carbocycles. The summed E-state index contributed by atoms with van der Waals surface area (Å²) in [5, 5.41) is 20.3. The lowest BCUT2D eigenvalue weighted by atomic mass is 9.96. The van der Waals surface area contributed by atoms with Crippen molar-refractivity contribution in [3.63, 3.8) is 0 Å². The molecule has 1 aliphatic heterocycles. The van der Waals surface area contributed by atoms with Crippen LogP contribution in [0.2, 0.25) is 5.02 Å². The molecular weight excluding hydrogens is 353 g/mol. The summed E-state index contributed by atoms with van der Waals surface area (Å²) < 4.78 is 14.1. The van der Waals surface area contributed by atoms with Crippen LogP contribution >= 0.6 is 11.6 Å². The second kappa shape index (κ2) is 7.18. The standard InChI is InChI=1S/C19H21ClFN5/c1-19(2,3)26-9-8-16(23-17-7-5-13(11-22)24-25-17)18(26)12-4-6-14(20)15(21)10-12/h4-7,10,16,18H,8-9H2,1-3H3,(H,23,25). The van der Waals surface area contributed by atoms with Gasteiger partial charge in [0.2, 0.25) is 0 Å². The Morgan fingerprint density at radius 1 is 1.27 bits per heavy atom. The van der Waals surface area contributed by atoms with Gasteiger partial charge in [0.05, 0.1) is 11.1 Å². The number of likely N-dealkylation sites (tertiary alicyclic amines) is 1. The Hall–Kier alpha value is -2.23. The zero-order valence-electron chi connectivity index (χ0n) is 15.0. The van der Waals surface area contributed by atoms with Crippen LogP contribution in [0.5, 0.6) is 0 Å². The monoisotopic (exact) mass is 373 g/mol. The Morgan fingerprint density at radius 3 is 2.62 bits per heavy atom. The molecule has 3 rings (SSSR count). The van der Waals surface area contributed by atoms with Crippen LogP contribution < -0.4 is 5.32 Å². The number of benzene rings is 1. The molecule has 0 aliphatic carbocycles. The Kier molecular flexibility index (Phi) is 5.12. The van der Waals surface area contributed by atoms with Gasteiger partial charge in [-0.05, 0) is 57.0 Å². The van der Waals surface area contributed by atoms with Crippen molar-refractivity contribution >= 4 is 17.4 Å². The van der Waals surface area contributed by atoms with Crippen LogP contribution in [-0.4, -0.2) is 33.2 Å². The first-order chi connectivity index (χ1) is 12.3. The van der Waals surface area contributed by atoms with Crippen molar-refractivity contribution < 1.29 is 4.39 Å². The van der Waals surface area contributed by atoms with Gasteiger partial charge in [0.25, 0.3) is 0 Å². The molecule has 2 atom stereocenters. The van der Waals surface area contributed by atoms with E-state index in [1.807, 2.05) is 12.1 Å². The third kappa shape index (κ3) is 3.79. The van der Waals surface area contributed by atoms with E-state index in [0.29, 0.717) is 5.82 Å². The normalized spacial score (nSPS) is 20.8. The first-order valence-electron chi connectivity index (χ1n) is 8.51. The zero-order chi connectivity index (χ0) is 18.9. The largest absolute Gasteiger partial charge is 0.364 e. The maximum absolute atomic E-state index is 14.1. The molecule has 1 N–H and O–H groups in total. The number of rotatable bonds is 3. The van der Waals surface area contributed by atoms with Crippen LogP contribution in [0.4, 0.5) is 10.2 Å². The number of anilines is 1. The van der Waals surface area contributed by atoms with Gasteiger partial charge < -0.3 is 5.32 Å². The Labute approximate surface area is 157 Å². The van der Waals surface area contributed by atoms with E-state index < -0.39 is 5.82 Å². The highest BCUT2D eigenvalue weighted by molar-refractivity contribution is 6.30. The minimum absolute atomic E-state index is 0.0285. The number of hydrogen-bond acceptors (Lipinski definition) is 5. The van der Waals surface area contributed by atoms with Crippen LogP contribution in [0.3, 0.4) is 0 Å². The summed E-state index contributed by atoms with van der Waals surface area (Å²) in [6.45, 7) is 7.32. The number of aromatic nitrogens is 2. The molecule has 1 saturated heterocycles. The Balaban J connectivity index is 1.92. The molecule has 1 aliphatic rings. The smallest absolute Gasteiger partial charge is 0.163 e. The number of hydrogen-bond donors (Lipinski definition) is 1. The summed E-state index contributed by atoms with van der Waals surface area (Å²) in [4.78, 5) is 2.35. The fourth-order valence-electron chi connectivity index (χ4n) is 3.46. The van der Waals surface area contributed by atoms with E-state index in [-0.39, 0.29) is 28.3 Å². The molecule has 2 unspecified atom stereocenters. The molecule has 7 heteroatoms. The van der Waals surface area contributed by atoms with Crippen LogP contribution in [-0.2, 0) is 0 Å². The molecule has 1 fully saturated rings. The first-order valence-corrected chi connectivity index (χ1v) is 8.89.